The number of fused-ring (bicyclic) bond motifs is 2. The summed E-state index contributed by atoms with van der Waals surface area (Å²) < 4.78 is 8.19. The van der Waals surface area contributed by atoms with Crippen molar-refractivity contribution in [1.82, 2.24) is 24.7 Å². The fourth-order valence-electron chi connectivity index (χ4n) is 5.66. The molecule has 1 aliphatic carbocycles. The van der Waals surface area contributed by atoms with Crippen molar-refractivity contribution in [3.8, 4) is 5.75 Å². The van der Waals surface area contributed by atoms with Gasteiger partial charge in [0.1, 0.15) is 17.9 Å². The van der Waals surface area contributed by atoms with E-state index in [-0.39, 0.29) is 6.10 Å². The van der Waals surface area contributed by atoms with Crippen LogP contribution < -0.4 is 9.64 Å². The summed E-state index contributed by atoms with van der Waals surface area (Å²) in [6, 6.07) is 9.53. The Labute approximate surface area is 204 Å². The van der Waals surface area contributed by atoms with Crippen LogP contribution >= 0.6 is 11.6 Å². The third kappa shape index (κ3) is 3.83. The zero-order valence-corrected chi connectivity index (χ0v) is 20.2. The van der Waals surface area contributed by atoms with E-state index in [1.165, 1.54) is 5.71 Å². The Bertz CT molecular complexity index is 1220. The number of halogens is 1. The summed E-state index contributed by atoms with van der Waals surface area (Å²) in [4.78, 5) is 20.9. The number of nitrogens with zero attached hydrogens (tertiary/aromatic N) is 7. The molecule has 8 nitrogen and oxygen atoms in total. The lowest BCUT2D eigenvalue weighted by Crippen LogP contribution is -2.46. The standard InChI is InChI=1S/C25H28ClN7O/c1-3-18-19-12-32(22-11-15(2)27-14-28-22)13-20(19)23(18)29-25-30-24-21(5-4-10-33(24)31-25)34-17-8-6-16(26)7-9-17/h6-9,11,14,18-21H,3-5,10,12-13H2,1-2H3/t18-,19?,20-,21-/m1/s1. The van der Waals surface area contributed by atoms with E-state index < -0.39 is 0 Å². The molecule has 2 aromatic heterocycles. The second-order valence-corrected chi connectivity index (χ2v) is 9.88. The van der Waals surface area contributed by atoms with Gasteiger partial charge in [-0.3, -0.25) is 0 Å². The monoisotopic (exact) mass is 477 g/mol. The Balaban J connectivity index is 1.23. The van der Waals surface area contributed by atoms with Gasteiger partial charge in [0.25, 0.3) is 5.95 Å². The van der Waals surface area contributed by atoms with Crippen molar-refractivity contribution in [1.29, 1.82) is 0 Å². The first-order valence-corrected chi connectivity index (χ1v) is 12.5. The second-order valence-electron chi connectivity index (χ2n) is 9.44. The highest BCUT2D eigenvalue weighted by Gasteiger charge is 2.52. The van der Waals surface area contributed by atoms with Crippen LogP contribution in [0.4, 0.5) is 11.8 Å². The van der Waals surface area contributed by atoms with Gasteiger partial charge in [-0.15, -0.1) is 5.10 Å². The van der Waals surface area contributed by atoms with Gasteiger partial charge in [-0.05, 0) is 56.4 Å². The van der Waals surface area contributed by atoms with Crippen molar-refractivity contribution in [2.75, 3.05) is 18.0 Å². The van der Waals surface area contributed by atoms with Crippen molar-refractivity contribution in [2.45, 2.75) is 45.8 Å². The molecule has 4 heterocycles. The van der Waals surface area contributed by atoms with E-state index in [1.54, 1.807) is 6.33 Å². The molecule has 1 aromatic carbocycles. The van der Waals surface area contributed by atoms with Crippen LogP contribution in [-0.4, -0.2) is 43.5 Å². The zero-order chi connectivity index (χ0) is 23.2. The third-order valence-corrected chi connectivity index (χ3v) is 7.58. The van der Waals surface area contributed by atoms with Gasteiger partial charge in [0.05, 0.1) is 0 Å². The molecule has 176 valence electrons. The topological polar surface area (TPSA) is 81.3 Å². The second kappa shape index (κ2) is 8.65. The number of ether oxygens (including phenoxy) is 1. The van der Waals surface area contributed by atoms with Crippen LogP contribution in [0.15, 0.2) is 41.7 Å². The summed E-state index contributed by atoms with van der Waals surface area (Å²) in [5.41, 5.74) is 2.23. The van der Waals surface area contributed by atoms with E-state index in [2.05, 4.69) is 27.9 Å². The maximum atomic E-state index is 6.23. The first-order chi connectivity index (χ1) is 16.6. The summed E-state index contributed by atoms with van der Waals surface area (Å²) in [6.07, 6.45) is 4.51. The summed E-state index contributed by atoms with van der Waals surface area (Å²) in [5.74, 6) is 4.73. The molecule has 0 amide bonds. The zero-order valence-electron chi connectivity index (χ0n) is 19.4. The third-order valence-electron chi connectivity index (χ3n) is 7.33. The maximum absolute atomic E-state index is 6.23. The molecule has 9 heteroatoms. The number of aromatic nitrogens is 5. The first-order valence-electron chi connectivity index (χ1n) is 12.1. The van der Waals surface area contributed by atoms with E-state index in [0.29, 0.717) is 28.7 Å². The molecular weight excluding hydrogens is 450 g/mol. The van der Waals surface area contributed by atoms with E-state index in [4.69, 9.17) is 31.4 Å². The molecular formula is C25H28ClN7O. The number of anilines is 1. The average molecular weight is 478 g/mol. The summed E-state index contributed by atoms with van der Waals surface area (Å²) in [5, 5.41) is 5.43. The molecule has 1 unspecified atom stereocenters. The first kappa shape index (κ1) is 21.5. The van der Waals surface area contributed by atoms with E-state index >= 15 is 0 Å². The molecule has 6 rings (SSSR count). The van der Waals surface area contributed by atoms with Gasteiger partial charge in [-0.1, -0.05) is 18.5 Å². The minimum absolute atomic E-state index is 0.129. The highest BCUT2D eigenvalue weighted by atomic mass is 35.5. The summed E-state index contributed by atoms with van der Waals surface area (Å²) >= 11 is 6.01. The van der Waals surface area contributed by atoms with Crippen LogP contribution in [0.1, 0.15) is 43.8 Å². The molecule has 0 N–H and O–H groups in total. The summed E-state index contributed by atoms with van der Waals surface area (Å²) in [6.45, 7) is 7.05. The quantitative estimate of drug-likeness (QED) is 0.524. The van der Waals surface area contributed by atoms with E-state index in [9.17, 15) is 0 Å². The Kier molecular flexibility index (Phi) is 5.48. The minimum Gasteiger partial charge on any atom is -0.482 e. The van der Waals surface area contributed by atoms with Crippen LogP contribution in [0.5, 0.6) is 5.75 Å². The molecule has 2 fully saturated rings. The highest BCUT2D eigenvalue weighted by molar-refractivity contribution is 6.30. The normalized spacial score (nSPS) is 26.8. The molecule has 1 saturated carbocycles. The Morgan fingerprint density at radius 3 is 2.82 bits per heavy atom. The number of aryl methyl sites for hydroxylation is 2. The predicted octanol–water partition coefficient (Wildman–Crippen LogP) is 4.81. The Morgan fingerprint density at radius 1 is 1.18 bits per heavy atom. The summed E-state index contributed by atoms with van der Waals surface area (Å²) in [7, 11) is 0. The fourth-order valence-corrected chi connectivity index (χ4v) is 5.78. The lowest BCUT2D eigenvalue weighted by molar-refractivity contribution is 0.155. The smallest absolute Gasteiger partial charge is 0.268 e. The number of hydrogen-bond donors (Lipinski definition) is 0. The van der Waals surface area contributed by atoms with Crippen LogP contribution in [-0.2, 0) is 6.54 Å². The van der Waals surface area contributed by atoms with Gasteiger partial charge in [0.15, 0.2) is 11.9 Å². The SMILES string of the molecule is CC[C@H]1C(=Nc2nc3n(n2)CCC[C@H]3Oc2ccc(Cl)cc2)[C@@H]2CN(c3cc(C)ncn3)CC12. The van der Waals surface area contributed by atoms with Gasteiger partial charge in [0, 0.05) is 54.0 Å². The molecule has 1 saturated heterocycles. The molecule has 2 aliphatic heterocycles. The molecule has 3 aliphatic rings. The molecule has 0 spiro atoms. The lowest BCUT2D eigenvalue weighted by atomic mass is 9.63. The van der Waals surface area contributed by atoms with Gasteiger partial charge < -0.3 is 9.64 Å². The molecule has 0 radical (unpaired) electrons. The lowest BCUT2D eigenvalue weighted by Gasteiger charge is -2.40. The van der Waals surface area contributed by atoms with Crippen LogP contribution in [0.25, 0.3) is 0 Å². The van der Waals surface area contributed by atoms with Crippen molar-refractivity contribution >= 4 is 29.1 Å². The van der Waals surface area contributed by atoms with Gasteiger partial charge in [-0.25, -0.2) is 19.6 Å². The fraction of sp³-hybridized carbons (Fsp3) is 0.480. The maximum Gasteiger partial charge on any atom is 0.268 e. The Morgan fingerprint density at radius 2 is 2.03 bits per heavy atom. The molecule has 0 bridgehead atoms. The molecule has 3 aromatic rings. The highest BCUT2D eigenvalue weighted by Crippen LogP contribution is 2.46. The van der Waals surface area contributed by atoms with Crippen molar-refractivity contribution in [3.05, 3.63) is 53.2 Å². The number of rotatable bonds is 5. The van der Waals surface area contributed by atoms with Crippen LogP contribution in [0, 0.1) is 24.7 Å². The molecule has 4 atom stereocenters. The van der Waals surface area contributed by atoms with Crippen molar-refractivity contribution in [2.24, 2.45) is 22.7 Å². The van der Waals surface area contributed by atoms with E-state index in [0.717, 1.165) is 62.0 Å². The predicted molar refractivity (Wildman–Crippen MR) is 131 cm³/mol. The van der Waals surface area contributed by atoms with Crippen LogP contribution in [0.2, 0.25) is 5.02 Å². The Hall–Kier alpha value is -3.00. The van der Waals surface area contributed by atoms with Crippen LogP contribution in [0.3, 0.4) is 0 Å². The van der Waals surface area contributed by atoms with Gasteiger partial charge in [0.2, 0.25) is 0 Å². The number of aliphatic imine (C=N–C) groups is 1. The molecule has 34 heavy (non-hydrogen) atoms. The van der Waals surface area contributed by atoms with Gasteiger partial charge >= 0.3 is 0 Å². The van der Waals surface area contributed by atoms with Gasteiger partial charge in [-0.2, -0.15) is 4.98 Å². The van der Waals surface area contributed by atoms with Crippen molar-refractivity contribution < 1.29 is 4.74 Å². The van der Waals surface area contributed by atoms with Crippen molar-refractivity contribution in [3.63, 3.8) is 0 Å². The average Bonchev–Trinajstić information content (AvgIpc) is 3.42. The number of hydrogen-bond acceptors (Lipinski definition) is 7. The van der Waals surface area contributed by atoms with E-state index in [1.807, 2.05) is 35.9 Å². The largest absolute Gasteiger partial charge is 0.482 e. The number of benzene rings is 1. The minimum atomic E-state index is -0.129.